The predicted octanol–water partition coefficient (Wildman–Crippen LogP) is 0.611. The van der Waals surface area contributed by atoms with E-state index in [9.17, 15) is 9.59 Å². The highest BCUT2D eigenvalue weighted by Gasteiger charge is 2.20. The molecule has 134 valence electrons. The first-order valence-electron chi connectivity index (χ1n) is 8.61. The Morgan fingerprint density at radius 1 is 1.09 bits per heavy atom. The SMILES string of the molecule is CN(CC(=O)NC1CCCCCC1)CC(=O)N1CCNCC1.Cl. The second-order valence-electron chi connectivity index (χ2n) is 6.56. The number of likely N-dealkylation sites (N-methyl/N-ethyl adjacent to an activating group) is 1. The molecule has 0 spiro atoms. The van der Waals surface area contributed by atoms with Crippen LogP contribution < -0.4 is 10.6 Å². The van der Waals surface area contributed by atoms with E-state index >= 15 is 0 Å². The van der Waals surface area contributed by atoms with E-state index in [0.717, 1.165) is 39.0 Å². The zero-order valence-corrected chi connectivity index (χ0v) is 15.0. The van der Waals surface area contributed by atoms with Gasteiger partial charge in [0.1, 0.15) is 0 Å². The van der Waals surface area contributed by atoms with Crippen molar-refractivity contribution >= 4 is 24.2 Å². The smallest absolute Gasteiger partial charge is 0.236 e. The summed E-state index contributed by atoms with van der Waals surface area (Å²) in [5.74, 6) is 0.161. The molecule has 0 atom stereocenters. The van der Waals surface area contributed by atoms with Gasteiger partial charge in [0.05, 0.1) is 13.1 Å². The maximum absolute atomic E-state index is 12.2. The monoisotopic (exact) mass is 346 g/mol. The van der Waals surface area contributed by atoms with Gasteiger partial charge < -0.3 is 15.5 Å². The first kappa shape index (κ1) is 20.2. The summed E-state index contributed by atoms with van der Waals surface area (Å²) in [6.07, 6.45) is 7.17. The molecule has 2 rings (SSSR count). The highest BCUT2D eigenvalue weighted by molar-refractivity contribution is 5.85. The van der Waals surface area contributed by atoms with E-state index in [-0.39, 0.29) is 24.2 Å². The molecule has 6 nitrogen and oxygen atoms in total. The van der Waals surface area contributed by atoms with Gasteiger partial charge in [-0.15, -0.1) is 12.4 Å². The van der Waals surface area contributed by atoms with E-state index in [0.29, 0.717) is 19.1 Å². The molecule has 0 aromatic rings. The Labute approximate surface area is 145 Å². The summed E-state index contributed by atoms with van der Waals surface area (Å²) >= 11 is 0. The number of halogens is 1. The third kappa shape index (κ3) is 7.50. The molecule has 2 N–H and O–H groups in total. The zero-order chi connectivity index (χ0) is 15.8. The molecular weight excluding hydrogens is 316 g/mol. The van der Waals surface area contributed by atoms with E-state index in [4.69, 9.17) is 0 Å². The van der Waals surface area contributed by atoms with E-state index in [1.807, 2.05) is 16.8 Å². The summed E-state index contributed by atoms with van der Waals surface area (Å²) in [6, 6.07) is 0.326. The average Bonchev–Trinajstić information content (AvgIpc) is 2.76. The number of nitrogens with zero attached hydrogens (tertiary/aromatic N) is 2. The first-order valence-corrected chi connectivity index (χ1v) is 8.61. The lowest BCUT2D eigenvalue weighted by Crippen LogP contribution is -2.50. The number of nitrogens with one attached hydrogen (secondary N) is 2. The van der Waals surface area contributed by atoms with Crippen molar-refractivity contribution in [3.8, 4) is 0 Å². The summed E-state index contributed by atoms with van der Waals surface area (Å²) in [7, 11) is 1.84. The number of amides is 2. The largest absolute Gasteiger partial charge is 0.352 e. The van der Waals surface area contributed by atoms with Crippen molar-refractivity contribution < 1.29 is 9.59 Å². The maximum atomic E-state index is 12.2. The van der Waals surface area contributed by atoms with Crippen molar-refractivity contribution in [2.24, 2.45) is 0 Å². The van der Waals surface area contributed by atoms with Gasteiger partial charge in [0.25, 0.3) is 0 Å². The molecule has 2 fully saturated rings. The summed E-state index contributed by atoms with van der Waals surface area (Å²) < 4.78 is 0. The van der Waals surface area contributed by atoms with Crippen LogP contribution in [0.15, 0.2) is 0 Å². The lowest BCUT2D eigenvalue weighted by molar-refractivity contribution is -0.133. The molecule has 2 aliphatic rings. The van der Waals surface area contributed by atoms with Gasteiger partial charge in [-0.2, -0.15) is 0 Å². The van der Waals surface area contributed by atoms with Crippen LogP contribution in [0.5, 0.6) is 0 Å². The third-order valence-electron chi connectivity index (χ3n) is 4.51. The summed E-state index contributed by atoms with van der Waals surface area (Å²) in [5, 5.41) is 6.36. The number of carbonyl (C=O) groups excluding carboxylic acids is 2. The molecule has 0 bridgehead atoms. The van der Waals surface area contributed by atoms with Crippen LogP contribution in [0.3, 0.4) is 0 Å². The number of hydrogen-bond acceptors (Lipinski definition) is 4. The van der Waals surface area contributed by atoms with Crippen LogP contribution in [0.4, 0.5) is 0 Å². The Bertz CT molecular complexity index is 367. The van der Waals surface area contributed by atoms with Crippen LogP contribution in [0.25, 0.3) is 0 Å². The number of piperazine rings is 1. The summed E-state index contributed by atoms with van der Waals surface area (Å²) in [4.78, 5) is 27.9. The van der Waals surface area contributed by atoms with E-state index < -0.39 is 0 Å². The normalized spacial score (nSPS) is 19.8. The molecule has 1 aliphatic heterocycles. The minimum atomic E-state index is 0. The number of carbonyl (C=O) groups is 2. The van der Waals surface area contributed by atoms with Crippen molar-refractivity contribution in [3.63, 3.8) is 0 Å². The molecule has 1 heterocycles. The highest BCUT2D eigenvalue weighted by atomic mass is 35.5. The molecule has 0 aromatic heterocycles. The van der Waals surface area contributed by atoms with Gasteiger partial charge in [-0.05, 0) is 19.9 Å². The van der Waals surface area contributed by atoms with Gasteiger partial charge in [0.15, 0.2) is 0 Å². The molecule has 0 aromatic carbocycles. The Hall–Kier alpha value is -0.850. The van der Waals surface area contributed by atoms with Gasteiger partial charge in [-0.1, -0.05) is 25.7 Å². The second kappa shape index (κ2) is 10.8. The minimum Gasteiger partial charge on any atom is -0.352 e. The second-order valence-corrected chi connectivity index (χ2v) is 6.56. The Balaban J connectivity index is 0.00000264. The van der Waals surface area contributed by atoms with E-state index in [2.05, 4.69) is 10.6 Å². The van der Waals surface area contributed by atoms with E-state index in [1.165, 1.54) is 25.7 Å². The van der Waals surface area contributed by atoms with Crippen molar-refractivity contribution in [1.29, 1.82) is 0 Å². The van der Waals surface area contributed by atoms with Crippen molar-refractivity contribution in [2.75, 3.05) is 46.3 Å². The van der Waals surface area contributed by atoms with Gasteiger partial charge >= 0.3 is 0 Å². The molecule has 23 heavy (non-hydrogen) atoms. The quantitative estimate of drug-likeness (QED) is 0.716. The molecule has 2 amide bonds. The Morgan fingerprint density at radius 3 is 2.30 bits per heavy atom. The lowest BCUT2D eigenvalue weighted by atomic mass is 10.1. The first-order chi connectivity index (χ1) is 10.6. The molecule has 7 heteroatoms. The fraction of sp³-hybridized carbons (Fsp3) is 0.875. The maximum Gasteiger partial charge on any atom is 0.236 e. The van der Waals surface area contributed by atoms with Crippen LogP contribution in [-0.2, 0) is 9.59 Å². The predicted molar refractivity (Wildman–Crippen MR) is 93.8 cm³/mol. The minimum absolute atomic E-state index is 0. The topological polar surface area (TPSA) is 64.7 Å². The highest BCUT2D eigenvalue weighted by Crippen LogP contribution is 2.17. The van der Waals surface area contributed by atoms with Gasteiger partial charge in [0, 0.05) is 32.2 Å². The van der Waals surface area contributed by atoms with Crippen LogP contribution in [-0.4, -0.2) is 74.0 Å². The zero-order valence-electron chi connectivity index (χ0n) is 14.2. The third-order valence-corrected chi connectivity index (χ3v) is 4.51. The van der Waals surface area contributed by atoms with Crippen molar-refractivity contribution in [3.05, 3.63) is 0 Å². The number of hydrogen-bond donors (Lipinski definition) is 2. The van der Waals surface area contributed by atoms with Crippen LogP contribution in [0, 0.1) is 0 Å². The van der Waals surface area contributed by atoms with Crippen molar-refractivity contribution in [2.45, 2.75) is 44.6 Å². The molecule has 1 aliphatic carbocycles. The van der Waals surface area contributed by atoms with Crippen LogP contribution >= 0.6 is 12.4 Å². The summed E-state index contributed by atoms with van der Waals surface area (Å²) in [5.41, 5.74) is 0. The standard InChI is InChI=1S/C16H30N4O2.ClH/c1-19(13-16(22)20-10-8-17-9-11-20)12-15(21)18-14-6-4-2-3-5-7-14;/h14,17H,2-13H2,1H3,(H,18,21);1H. The fourth-order valence-corrected chi connectivity index (χ4v) is 3.24. The van der Waals surface area contributed by atoms with Gasteiger partial charge in [-0.25, -0.2) is 0 Å². The van der Waals surface area contributed by atoms with Crippen LogP contribution in [0.2, 0.25) is 0 Å². The fourth-order valence-electron chi connectivity index (χ4n) is 3.24. The molecule has 1 saturated carbocycles. The van der Waals surface area contributed by atoms with Gasteiger partial charge in [-0.3, -0.25) is 14.5 Å². The summed E-state index contributed by atoms with van der Waals surface area (Å²) in [6.45, 7) is 3.86. The number of rotatable bonds is 5. The molecule has 0 radical (unpaired) electrons. The molecular formula is C16H31ClN4O2. The Morgan fingerprint density at radius 2 is 1.70 bits per heavy atom. The molecule has 0 unspecified atom stereocenters. The Kier molecular flexibility index (Phi) is 9.52. The molecule has 1 saturated heterocycles. The van der Waals surface area contributed by atoms with Crippen LogP contribution in [0.1, 0.15) is 38.5 Å². The van der Waals surface area contributed by atoms with Gasteiger partial charge in [0.2, 0.25) is 11.8 Å². The average molecular weight is 347 g/mol. The van der Waals surface area contributed by atoms with E-state index in [1.54, 1.807) is 0 Å². The van der Waals surface area contributed by atoms with Crippen molar-refractivity contribution in [1.82, 2.24) is 20.4 Å². The lowest BCUT2D eigenvalue weighted by Gasteiger charge is -2.29.